The summed E-state index contributed by atoms with van der Waals surface area (Å²) in [6.45, 7) is -1.44. The van der Waals surface area contributed by atoms with E-state index >= 15 is 0 Å². The van der Waals surface area contributed by atoms with Crippen molar-refractivity contribution < 1.29 is 58.2 Å². The number of nitrogens with two attached hydrogens (primary N) is 1. The van der Waals surface area contributed by atoms with Gasteiger partial charge in [0.15, 0.2) is 12.1 Å². The number of fused-ring (bicyclic) bond motifs is 1. The molecule has 416 valence electrons. The molecule has 0 spiro atoms. The highest BCUT2D eigenvalue weighted by Gasteiger charge is 2.31. The minimum Gasteiger partial charge on any atom is -0.480 e. The smallest absolute Gasteiger partial charge is 0.326 e. The third-order valence-electron chi connectivity index (χ3n) is 11.7. The summed E-state index contributed by atoms with van der Waals surface area (Å²) in [5.74, 6) is -8.80. The number of carbonyl (C=O) groups is 10. The predicted octanol–water partition coefficient (Wildman–Crippen LogP) is -1.74. The second kappa shape index (κ2) is 30.8. The van der Waals surface area contributed by atoms with Gasteiger partial charge in [-0.15, -0.1) is 23.2 Å². The number of hydrogen-bond donors (Lipinski definition) is 12. The molecular formula is C50H60Cl2N14O12. The van der Waals surface area contributed by atoms with E-state index in [0.29, 0.717) is 41.7 Å². The van der Waals surface area contributed by atoms with Crippen molar-refractivity contribution in [1.82, 2.24) is 42.5 Å². The Morgan fingerprint density at radius 3 is 1.79 bits per heavy atom. The molecule has 3 aromatic rings. The van der Waals surface area contributed by atoms with Crippen molar-refractivity contribution in [2.24, 2.45) is 26.6 Å². The lowest BCUT2D eigenvalue weighted by Crippen LogP contribution is -2.51. The summed E-state index contributed by atoms with van der Waals surface area (Å²) in [6, 6.07) is 18.7. The van der Waals surface area contributed by atoms with E-state index in [1.807, 2.05) is 4.90 Å². The average Bonchev–Trinajstić information content (AvgIpc) is 3.42. The highest BCUT2D eigenvalue weighted by molar-refractivity contribution is 6.45. The number of halogens is 2. The second-order valence-corrected chi connectivity index (χ2v) is 18.3. The molecular weight excluding hydrogens is 1060 g/mol. The summed E-state index contributed by atoms with van der Waals surface area (Å²) >= 11 is 11.8. The number of guanidine groups is 1. The topological polar surface area (TPSA) is 386 Å². The van der Waals surface area contributed by atoms with Crippen molar-refractivity contribution in [2.75, 3.05) is 74.3 Å². The molecule has 28 heteroatoms. The van der Waals surface area contributed by atoms with Gasteiger partial charge in [0.2, 0.25) is 35.4 Å². The number of carbonyl (C=O) groups excluding carboxylic acids is 8. The molecule has 0 radical (unpaired) electrons. The van der Waals surface area contributed by atoms with Crippen molar-refractivity contribution in [3.63, 3.8) is 0 Å². The van der Waals surface area contributed by atoms with E-state index in [1.165, 1.54) is 12.1 Å². The molecule has 2 aliphatic rings. The first-order chi connectivity index (χ1) is 37.4. The lowest BCUT2D eigenvalue weighted by molar-refractivity contribution is -0.142. The van der Waals surface area contributed by atoms with Crippen LogP contribution < -0.4 is 58.5 Å². The van der Waals surface area contributed by atoms with E-state index in [1.54, 1.807) is 72.9 Å². The Balaban J connectivity index is 1.10. The van der Waals surface area contributed by atoms with Crippen LogP contribution in [0.15, 0.2) is 93.8 Å². The molecule has 0 saturated carbocycles. The standard InChI is InChI=1S/C50H60Cl2N14O12/c51-16-18-66(19-17-52)35-13-6-30(7-14-35)21-37(49(77)78)63-41(70)27-56-39(68)25-55-38(67)15-10-32(46(73)60-26-40(69)57-28-42(71)62-36(48(75)76)20-29-4-2-1-3-5-29)22-59-45(72)31-8-11-33(12-9-31)54-23-34-24-58-44-43(61-34)47(74)65-50(53)64-44/h1-9,11-14,24,32,34,36-37,44,54H,10,15-23,25-28H2,(H,55,67)(H,56,68)(H,57,69)(H,59,72)(H,60,73)(H,62,71)(H,63,70)(H,75,76)(H,77,78)(H3,53,64,65,74). The van der Waals surface area contributed by atoms with E-state index < -0.39 is 116 Å². The van der Waals surface area contributed by atoms with E-state index in [0.717, 1.165) is 5.69 Å². The molecule has 5 unspecified atom stereocenters. The number of anilines is 2. The van der Waals surface area contributed by atoms with Crippen molar-refractivity contribution in [3.05, 3.63) is 95.6 Å². The largest absolute Gasteiger partial charge is 0.480 e. The molecule has 5 rings (SSSR count). The summed E-state index contributed by atoms with van der Waals surface area (Å²) in [6.07, 6.45) is 0.0943. The Morgan fingerprint density at radius 2 is 1.22 bits per heavy atom. The highest BCUT2D eigenvalue weighted by atomic mass is 35.5. The number of aliphatic imine (C=N–C) groups is 3. The van der Waals surface area contributed by atoms with Crippen LogP contribution in [0.5, 0.6) is 0 Å². The molecule has 3 aromatic carbocycles. The van der Waals surface area contributed by atoms with Crippen LogP contribution in [0.4, 0.5) is 11.4 Å². The number of aliphatic carboxylic acids is 2. The van der Waals surface area contributed by atoms with E-state index in [4.69, 9.17) is 28.9 Å². The van der Waals surface area contributed by atoms with Gasteiger partial charge in [0, 0.05) is 80.4 Å². The van der Waals surface area contributed by atoms with Gasteiger partial charge in [0.05, 0.1) is 32.1 Å². The Kier molecular flexibility index (Phi) is 23.8. The predicted molar refractivity (Wildman–Crippen MR) is 288 cm³/mol. The van der Waals surface area contributed by atoms with Gasteiger partial charge >= 0.3 is 11.9 Å². The number of carboxylic acids is 2. The fourth-order valence-electron chi connectivity index (χ4n) is 7.61. The van der Waals surface area contributed by atoms with Crippen molar-refractivity contribution in [3.8, 4) is 0 Å². The van der Waals surface area contributed by atoms with Gasteiger partial charge in [-0.2, -0.15) is 0 Å². The summed E-state index contributed by atoms with van der Waals surface area (Å²) < 4.78 is 0. The zero-order chi connectivity index (χ0) is 56.6. The Bertz CT molecular complexity index is 2730. The highest BCUT2D eigenvalue weighted by Crippen LogP contribution is 2.18. The third kappa shape index (κ3) is 20.1. The minimum absolute atomic E-state index is 0.0124. The molecule has 2 heterocycles. The number of nitrogens with one attached hydrogen (secondary N) is 9. The number of alkyl halides is 2. The monoisotopic (exact) mass is 1120 g/mol. The maximum atomic E-state index is 13.5. The molecule has 5 atom stereocenters. The van der Waals surface area contributed by atoms with Crippen molar-refractivity contribution >= 4 is 112 Å². The maximum absolute atomic E-state index is 13.5. The number of benzene rings is 3. The number of amides is 8. The van der Waals surface area contributed by atoms with Gasteiger partial charge in [-0.3, -0.25) is 53.7 Å². The molecule has 0 bridgehead atoms. The fraction of sp³-hybridized carbons (Fsp3) is 0.380. The van der Waals surface area contributed by atoms with Crippen LogP contribution in [0.25, 0.3) is 0 Å². The first-order valence-electron chi connectivity index (χ1n) is 24.4. The van der Waals surface area contributed by atoms with Crippen LogP contribution in [-0.2, 0) is 56.0 Å². The van der Waals surface area contributed by atoms with E-state index in [2.05, 4.69) is 62.8 Å². The van der Waals surface area contributed by atoms with E-state index in [9.17, 15) is 58.2 Å². The summed E-state index contributed by atoms with van der Waals surface area (Å²) in [7, 11) is 0. The van der Waals surface area contributed by atoms with Gasteiger partial charge in [-0.25, -0.2) is 14.6 Å². The summed E-state index contributed by atoms with van der Waals surface area (Å²) in [5.41, 5.74) is 8.61. The van der Waals surface area contributed by atoms with Crippen LogP contribution in [-0.4, -0.2) is 176 Å². The molecule has 2 aliphatic heterocycles. The first-order valence-corrected chi connectivity index (χ1v) is 25.5. The minimum atomic E-state index is -1.33. The molecule has 13 N–H and O–H groups in total. The van der Waals surface area contributed by atoms with Gasteiger partial charge in [0.25, 0.3) is 11.8 Å². The van der Waals surface area contributed by atoms with Gasteiger partial charge < -0.3 is 63.4 Å². The van der Waals surface area contributed by atoms with Crippen LogP contribution in [0.3, 0.4) is 0 Å². The van der Waals surface area contributed by atoms with Crippen molar-refractivity contribution in [1.29, 1.82) is 0 Å². The number of carboxylic acid groups (broad SMARTS) is 2. The molecule has 0 aromatic heterocycles. The van der Waals surface area contributed by atoms with Crippen LogP contribution in [0.2, 0.25) is 0 Å². The van der Waals surface area contributed by atoms with Gasteiger partial charge in [-0.05, 0) is 53.9 Å². The molecule has 78 heavy (non-hydrogen) atoms. The molecule has 0 saturated heterocycles. The fourth-order valence-corrected chi connectivity index (χ4v) is 8.02. The van der Waals surface area contributed by atoms with Crippen LogP contribution >= 0.6 is 23.2 Å². The normalized spacial score (nSPS) is 15.4. The van der Waals surface area contributed by atoms with Crippen LogP contribution in [0.1, 0.15) is 34.3 Å². The Hall–Kier alpha value is -8.65. The summed E-state index contributed by atoms with van der Waals surface area (Å²) in [4.78, 5) is 141. The van der Waals surface area contributed by atoms with Gasteiger partial charge in [0.1, 0.15) is 23.8 Å². The lowest BCUT2D eigenvalue weighted by atomic mass is 10.0. The molecule has 0 aliphatic carbocycles. The third-order valence-corrected chi connectivity index (χ3v) is 12.0. The van der Waals surface area contributed by atoms with E-state index in [-0.39, 0.29) is 56.0 Å². The first kappa shape index (κ1) is 60.2. The maximum Gasteiger partial charge on any atom is 0.326 e. The lowest BCUT2D eigenvalue weighted by Gasteiger charge is -2.23. The SMILES string of the molecule is NC1=NC2N=CC(CNc3ccc(C(=O)NCC(CCC(=O)NCC(=O)NCC(=O)NC(Cc4ccc(N(CCCl)CCCl)cc4)C(=O)O)C(=O)NCC(=O)NCC(=O)NC(Cc4ccccc4)C(=O)O)cc3)N=C2C(=O)N1. The number of hydrogen-bond acceptors (Lipinski definition) is 16. The Morgan fingerprint density at radius 1 is 0.667 bits per heavy atom. The average molecular weight is 1120 g/mol. The Labute approximate surface area is 457 Å². The number of nitrogens with zero attached hydrogens (tertiary/aromatic N) is 4. The molecule has 8 amide bonds. The summed E-state index contributed by atoms with van der Waals surface area (Å²) in [5, 5.41) is 41.7. The quantitative estimate of drug-likeness (QED) is 0.0319. The number of rotatable bonds is 31. The zero-order valence-corrected chi connectivity index (χ0v) is 43.5. The molecule has 0 fully saturated rings. The van der Waals surface area contributed by atoms with Crippen molar-refractivity contribution in [2.45, 2.75) is 50.0 Å². The molecule has 26 nitrogen and oxygen atoms in total. The second-order valence-electron chi connectivity index (χ2n) is 17.5. The van der Waals surface area contributed by atoms with Gasteiger partial charge in [-0.1, -0.05) is 42.5 Å². The zero-order valence-electron chi connectivity index (χ0n) is 42.0. The van der Waals surface area contributed by atoms with Crippen LogP contribution in [0, 0.1) is 5.92 Å².